The Hall–Kier alpha value is -1.06. The summed E-state index contributed by atoms with van der Waals surface area (Å²) in [5, 5.41) is 8.25. The Morgan fingerprint density at radius 1 is 1.55 bits per heavy atom. The van der Waals surface area contributed by atoms with Crippen molar-refractivity contribution in [2.45, 2.75) is 26.2 Å². The number of aliphatic carboxylic acids is 1. The van der Waals surface area contributed by atoms with Gasteiger partial charge in [-0.25, -0.2) is 0 Å². The van der Waals surface area contributed by atoms with Crippen LogP contribution in [0.3, 0.4) is 0 Å². The molecule has 0 aliphatic heterocycles. The fourth-order valence-corrected chi connectivity index (χ4v) is 0.630. The summed E-state index contributed by atoms with van der Waals surface area (Å²) in [5.41, 5.74) is 5.43. The highest BCUT2D eigenvalue weighted by molar-refractivity contribution is 5.80. The van der Waals surface area contributed by atoms with Crippen molar-refractivity contribution in [2.24, 2.45) is 10.7 Å². The first-order valence-electron chi connectivity index (χ1n) is 3.67. The summed E-state index contributed by atoms with van der Waals surface area (Å²) in [6, 6.07) is 0. The molecule has 0 spiro atoms. The van der Waals surface area contributed by atoms with E-state index in [0.717, 1.165) is 12.8 Å². The third-order valence-corrected chi connectivity index (χ3v) is 1.15. The highest BCUT2D eigenvalue weighted by atomic mass is 16.4. The van der Waals surface area contributed by atoms with Crippen LogP contribution in [0.5, 0.6) is 0 Å². The molecule has 11 heavy (non-hydrogen) atoms. The highest BCUT2D eigenvalue weighted by Gasteiger charge is 1.94. The number of nitrogens with zero attached hydrogens (tertiary/aromatic N) is 1. The molecule has 0 aromatic carbocycles. The van der Waals surface area contributed by atoms with Crippen molar-refractivity contribution >= 4 is 11.8 Å². The maximum Gasteiger partial charge on any atom is 0.305 e. The Labute approximate surface area is 66.1 Å². The average molecular weight is 158 g/mol. The molecule has 4 heteroatoms. The van der Waals surface area contributed by atoms with E-state index >= 15 is 0 Å². The number of carbonyl (C=O) groups is 1. The summed E-state index contributed by atoms with van der Waals surface area (Å²) in [5.74, 6) is -0.285. The van der Waals surface area contributed by atoms with Gasteiger partial charge in [-0.05, 0) is 6.42 Å². The third kappa shape index (κ3) is 6.83. The van der Waals surface area contributed by atoms with Gasteiger partial charge in [-0.3, -0.25) is 9.79 Å². The molecule has 0 fully saturated rings. The lowest BCUT2D eigenvalue weighted by molar-refractivity contribution is -0.136. The fourth-order valence-electron chi connectivity index (χ4n) is 0.630. The molecular formula is C7H14N2O2. The van der Waals surface area contributed by atoms with Gasteiger partial charge in [0.1, 0.15) is 0 Å². The minimum absolute atomic E-state index is 0.0599. The predicted octanol–water partition coefficient (Wildman–Crippen LogP) is 0.618. The van der Waals surface area contributed by atoms with E-state index in [0.29, 0.717) is 12.4 Å². The van der Waals surface area contributed by atoms with Gasteiger partial charge >= 0.3 is 5.97 Å². The molecule has 64 valence electrons. The first-order chi connectivity index (χ1) is 5.16. The Kier molecular flexibility index (Phi) is 5.15. The second kappa shape index (κ2) is 5.70. The number of amidine groups is 1. The van der Waals surface area contributed by atoms with Gasteiger partial charge in [0.25, 0.3) is 0 Å². The second-order valence-corrected chi connectivity index (χ2v) is 2.27. The number of nitrogens with two attached hydrogens (primary N) is 1. The molecule has 0 aliphatic carbocycles. The van der Waals surface area contributed by atoms with Crippen LogP contribution in [0.2, 0.25) is 0 Å². The quantitative estimate of drug-likeness (QED) is 0.455. The average Bonchev–Trinajstić information content (AvgIpc) is 1.87. The Bertz CT molecular complexity index is 155. The monoisotopic (exact) mass is 158 g/mol. The molecule has 0 radical (unpaired) electrons. The standard InChI is InChI=1S/C7H14N2O2/c1-2-3-6(8)9-5-4-7(10)11/h2-5H2,1H3,(H2,8,9)(H,10,11). The van der Waals surface area contributed by atoms with Gasteiger partial charge in [0.2, 0.25) is 0 Å². The van der Waals surface area contributed by atoms with E-state index in [2.05, 4.69) is 4.99 Å². The molecule has 0 aliphatic rings. The van der Waals surface area contributed by atoms with Gasteiger partial charge in [0.05, 0.1) is 18.8 Å². The Morgan fingerprint density at radius 2 is 2.18 bits per heavy atom. The van der Waals surface area contributed by atoms with Crippen molar-refractivity contribution in [1.82, 2.24) is 0 Å². The van der Waals surface area contributed by atoms with Crippen LogP contribution in [-0.4, -0.2) is 23.5 Å². The summed E-state index contributed by atoms with van der Waals surface area (Å²) in [7, 11) is 0. The lowest BCUT2D eigenvalue weighted by Gasteiger charge is -1.95. The fraction of sp³-hybridized carbons (Fsp3) is 0.714. The Balaban J connectivity index is 3.47. The topological polar surface area (TPSA) is 75.7 Å². The summed E-state index contributed by atoms with van der Waals surface area (Å²) in [6.07, 6.45) is 1.76. The van der Waals surface area contributed by atoms with Crippen LogP contribution >= 0.6 is 0 Å². The number of rotatable bonds is 5. The van der Waals surface area contributed by atoms with Crippen molar-refractivity contribution < 1.29 is 9.90 Å². The lowest BCUT2D eigenvalue weighted by atomic mass is 10.3. The molecule has 0 aromatic heterocycles. The summed E-state index contributed by atoms with van der Waals surface area (Å²) in [6.45, 7) is 2.29. The largest absolute Gasteiger partial charge is 0.481 e. The van der Waals surface area contributed by atoms with Crippen molar-refractivity contribution in [3.8, 4) is 0 Å². The van der Waals surface area contributed by atoms with Crippen molar-refractivity contribution in [3.05, 3.63) is 0 Å². The van der Waals surface area contributed by atoms with Crippen molar-refractivity contribution in [3.63, 3.8) is 0 Å². The van der Waals surface area contributed by atoms with E-state index in [1.165, 1.54) is 0 Å². The van der Waals surface area contributed by atoms with Crippen molar-refractivity contribution in [2.75, 3.05) is 6.54 Å². The number of hydrogen-bond acceptors (Lipinski definition) is 2. The molecule has 0 bridgehead atoms. The van der Waals surface area contributed by atoms with Gasteiger partial charge < -0.3 is 10.8 Å². The molecule has 4 nitrogen and oxygen atoms in total. The maximum absolute atomic E-state index is 10.0. The van der Waals surface area contributed by atoms with E-state index < -0.39 is 5.97 Å². The molecule has 0 aromatic rings. The summed E-state index contributed by atoms with van der Waals surface area (Å²) >= 11 is 0. The molecule has 0 amide bonds. The van der Waals surface area contributed by atoms with Gasteiger partial charge in [0, 0.05) is 6.42 Å². The third-order valence-electron chi connectivity index (χ3n) is 1.15. The molecule has 0 heterocycles. The van der Waals surface area contributed by atoms with Crippen LogP contribution in [0.4, 0.5) is 0 Å². The van der Waals surface area contributed by atoms with E-state index in [4.69, 9.17) is 10.8 Å². The molecular weight excluding hydrogens is 144 g/mol. The van der Waals surface area contributed by atoms with Gasteiger partial charge in [0.15, 0.2) is 0 Å². The van der Waals surface area contributed by atoms with E-state index in [1.807, 2.05) is 6.92 Å². The highest BCUT2D eigenvalue weighted by Crippen LogP contribution is 1.88. The predicted molar refractivity (Wildman–Crippen MR) is 43.7 cm³/mol. The van der Waals surface area contributed by atoms with Crippen molar-refractivity contribution in [1.29, 1.82) is 0 Å². The number of hydrogen-bond donors (Lipinski definition) is 2. The number of carboxylic acids is 1. The number of carboxylic acid groups (broad SMARTS) is 1. The lowest BCUT2D eigenvalue weighted by Crippen LogP contribution is -2.12. The van der Waals surface area contributed by atoms with Crippen LogP contribution in [0.1, 0.15) is 26.2 Å². The van der Waals surface area contributed by atoms with Crippen LogP contribution in [0, 0.1) is 0 Å². The van der Waals surface area contributed by atoms with Crippen LogP contribution < -0.4 is 5.73 Å². The normalized spacial score (nSPS) is 11.5. The van der Waals surface area contributed by atoms with Crippen LogP contribution in [-0.2, 0) is 4.79 Å². The maximum atomic E-state index is 10.0. The molecule has 0 unspecified atom stereocenters. The zero-order chi connectivity index (χ0) is 8.69. The van der Waals surface area contributed by atoms with Gasteiger partial charge in [-0.15, -0.1) is 0 Å². The molecule has 0 rings (SSSR count). The zero-order valence-corrected chi connectivity index (χ0v) is 6.71. The smallest absolute Gasteiger partial charge is 0.305 e. The van der Waals surface area contributed by atoms with Gasteiger partial charge in [-0.2, -0.15) is 0 Å². The van der Waals surface area contributed by atoms with Gasteiger partial charge in [-0.1, -0.05) is 6.92 Å². The molecule has 0 atom stereocenters. The van der Waals surface area contributed by atoms with Crippen LogP contribution in [0.25, 0.3) is 0 Å². The minimum atomic E-state index is -0.835. The zero-order valence-electron chi connectivity index (χ0n) is 6.71. The number of aliphatic imine (C=N–C) groups is 1. The van der Waals surface area contributed by atoms with E-state index in [-0.39, 0.29) is 6.42 Å². The summed E-state index contributed by atoms with van der Waals surface area (Å²) in [4.78, 5) is 13.9. The van der Waals surface area contributed by atoms with E-state index in [9.17, 15) is 4.79 Å². The van der Waals surface area contributed by atoms with E-state index in [1.54, 1.807) is 0 Å². The Morgan fingerprint density at radius 3 is 2.64 bits per heavy atom. The summed E-state index contributed by atoms with van der Waals surface area (Å²) < 4.78 is 0. The minimum Gasteiger partial charge on any atom is -0.481 e. The first kappa shape index (κ1) is 9.94. The SMILES string of the molecule is CCCC(N)=NCCC(=O)O. The first-order valence-corrected chi connectivity index (χ1v) is 3.67. The second-order valence-electron chi connectivity index (χ2n) is 2.27. The molecule has 3 N–H and O–H groups in total. The molecule has 0 saturated heterocycles. The van der Waals surface area contributed by atoms with Crippen LogP contribution in [0.15, 0.2) is 4.99 Å². The molecule has 0 saturated carbocycles.